The Labute approximate surface area is 129 Å². The fourth-order valence-corrected chi connectivity index (χ4v) is 2.83. The van der Waals surface area contributed by atoms with Crippen molar-refractivity contribution in [2.75, 3.05) is 25.0 Å². The molecule has 1 unspecified atom stereocenters. The van der Waals surface area contributed by atoms with E-state index in [9.17, 15) is 20.0 Å². The van der Waals surface area contributed by atoms with Crippen molar-refractivity contribution in [1.82, 2.24) is 4.90 Å². The van der Waals surface area contributed by atoms with Gasteiger partial charge in [0.1, 0.15) is 0 Å². The highest BCUT2D eigenvalue weighted by Crippen LogP contribution is 2.27. The van der Waals surface area contributed by atoms with E-state index in [1.54, 1.807) is 37.9 Å². The molecule has 1 aromatic carbocycles. The van der Waals surface area contributed by atoms with Crippen LogP contribution in [-0.4, -0.2) is 52.6 Å². The SMILES string of the molecule is CN(CC(C)(C)O)C1CCN(c2cccc([N+](=O)[O-])c2)C1=O. The van der Waals surface area contributed by atoms with Crippen molar-refractivity contribution in [3.63, 3.8) is 0 Å². The Morgan fingerprint density at radius 3 is 2.77 bits per heavy atom. The molecule has 1 fully saturated rings. The van der Waals surface area contributed by atoms with Crippen molar-refractivity contribution in [2.45, 2.75) is 31.9 Å². The number of likely N-dealkylation sites (N-methyl/N-ethyl adjacent to an activating group) is 1. The van der Waals surface area contributed by atoms with Crippen molar-refractivity contribution >= 4 is 17.3 Å². The van der Waals surface area contributed by atoms with Gasteiger partial charge in [0.2, 0.25) is 5.91 Å². The lowest BCUT2D eigenvalue weighted by atomic mass is 10.1. The molecule has 120 valence electrons. The molecular weight excluding hydrogens is 286 g/mol. The highest BCUT2D eigenvalue weighted by atomic mass is 16.6. The smallest absolute Gasteiger partial charge is 0.271 e. The minimum absolute atomic E-state index is 0.0291. The van der Waals surface area contributed by atoms with Crippen molar-refractivity contribution in [2.24, 2.45) is 0 Å². The van der Waals surface area contributed by atoms with Crippen LogP contribution < -0.4 is 4.90 Å². The van der Waals surface area contributed by atoms with Crippen LogP contribution in [0.1, 0.15) is 20.3 Å². The van der Waals surface area contributed by atoms with Crippen LogP contribution in [0.15, 0.2) is 24.3 Å². The fraction of sp³-hybridized carbons (Fsp3) is 0.533. The Hall–Kier alpha value is -1.99. The summed E-state index contributed by atoms with van der Waals surface area (Å²) in [4.78, 5) is 26.3. The van der Waals surface area contributed by atoms with Crippen LogP contribution in [0.4, 0.5) is 11.4 Å². The Kier molecular flexibility index (Phi) is 4.48. The molecule has 7 heteroatoms. The Bertz CT molecular complexity index is 582. The molecule has 22 heavy (non-hydrogen) atoms. The third-order valence-electron chi connectivity index (χ3n) is 3.70. The summed E-state index contributed by atoms with van der Waals surface area (Å²) in [6.45, 7) is 4.29. The van der Waals surface area contributed by atoms with E-state index in [0.29, 0.717) is 25.2 Å². The second-order valence-corrected chi connectivity index (χ2v) is 6.30. The summed E-state index contributed by atoms with van der Waals surface area (Å²) < 4.78 is 0. The van der Waals surface area contributed by atoms with Gasteiger partial charge >= 0.3 is 0 Å². The number of rotatable bonds is 5. The molecule has 0 aliphatic carbocycles. The fourth-order valence-electron chi connectivity index (χ4n) is 2.83. The average molecular weight is 307 g/mol. The number of carbonyl (C=O) groups is 1. The first-order valence-corrected chi connectivity index (χ1v) is 7.17. The molecule has 1 heterocycles. The van der Waals surface area contributed by atoms with Crippen LogP contribution >= 0.6 is 0 Å². The van der Waals surface area contributed by atoms with Gasteiger partial charge in [0.05, 0.1) is 22.3 Å². The molecule has 1 amide bonds. The average Bonchev–Trinajstić information content (AvgIpc) is 2.79. The third kappa shape index (κ3) is 3.61. The van der Waals surface area contributed by atoms with Gasteiger partial charge in [0.25, 0.3) is 5.69 Å². The summed E-state index contributed by atoms with van der Waals surface area (Å²) in [5, 5.41) is 20.7. The van der Waals surface area contributed by atoms with Crippen LogP contribution in [0.25, 0.3) is 0 Å². The molecule has 0 radical (unpaired) electrons. The molecule has 1 aliphatic rings. The summed E-state index contributed by atoms with van der Waals surface area (Å²) in [6.07, 6.45) is 0.633. The van der Waals surface area contributed by atoms with Crippen LogP contribution in [0.3, 0.4) is 0 Å². The number of nitro benzene ring substituents is 1. The highest BCUT2D eigenvalue weighted by Gasteiger charge is 2.36. The number of aliphatic hydroxyl groups is 1. The zero-order valence-electron chi connectivity index (χ0n) is 13.0. The normalized spacial score (nSPS) is 19.0. The standard InChI is InChI=1S/C15H21N3O4/c1-15(2,20)10-16(3)13-7-8-17(14(13)19)11-5-4-6-12(9-11)18(21)22/h4-6,9,13,20H,7-8,10H2,1-3H3. The van der Waals surface area contributed by atoms with Crippen molar-refractivity contribution < 1.29 is 14.8 Å². The molecule has 0 spiro atoms. The quantitative estimate of drug-likeness (QED) is 0.656. The first-order chi connectivity index (χ1) is 10.2. The molecule has 1 saturated heterocycles. The Morgan fingerprint density at radius 1 is 1.50 bits per heavy atom. The zero-order chi connectivity index (χ0) is 16.5. The predicted molar refractivity (Wildman–Crippen MR) is 82.8 cm³/mol. The highest BCUT2D eigenvalue weighted by molar-refractivity contribution is 5.99. The predicted octanol–water partition coefficient (Wildman–Crippen LogP) is 1.40. The van der Waals surface area contributed by atoms with Crippen molar-refractivity contribution in [3.8, 4) is 0 Å². The summed E-state index contributed by atoms with van der Waals surface area (Å²) in [6, 6.07) is 5.78. The van der Waals surface area contributed by atoms with Gasteiger partial charge in [-0.05, 0) is 33.4 Å². The van der Waals surface area contributed by atoms with E-state index in [1.807, 2.05) is 4.90 Å². The Balaban J connectivity index is 2.14. The maximum atomic E-state index is 12.5. The second kappa shape index (κ2) is 6.02. The van der Waals surface area contributed by atoms with E-state index in [0.717, 1.165) is 0 Å². The van der Waals surface area contributed by atoms with E-state index < -0.39 is 10.5 Å². The minimum atomic E-state index is -0.881. The zero-order valence-corrected chi connectivity index (χ0v) is 13.0. The summed E-state index contributed by atoms with van der Waals surface area (Å²) in [5.41, 5.74) is -0.370. The van der Waals surface area contributed by atoms with Gasteiger partial charge in [-0.15, -0.1) is 0 Å². The number of benzene rings is 1. The van der Waals surface area contributed by atoms with Crippen molar-refractivity contribution in [1.29, 1.82) is 0 Å². The topological polar surface area (TPSA) is 86.9 Å². The van der Waals surface area contributed by atoms with E-state index in [2.05, 4.69) is 0 Å². The van der Waals surface area contributed by atoms with Gasteiger partial charge in [-0.25, -0.2) is 0 Å². The molecule has 0 aromatic heterocycles. The van der Waals surface area contributed by atoms with Gasteiger partial charge in [-0.2, -0.15) is 0 Å². The van der Waals surface area contributed by atoms with Gasteiger partial charge in [-0.1, -0.05) is 6.07 Å². The Morgan fingerprint density at radius 2 is 2.18 bits per heavy atom. The summed E-state index contributed by atoms with van der Waals surface area (Å²) in [7, 11) is 1.80. The molecule has 1 aromatic rings. The number of carbonyl (C=O) groups excluding carboxylic acids is 1. The molecular formula is C15H21N3O4. The van der Waals surface area contributed by atoms with Gasteiger partial charge < -0.3 is 10.0 Å². The monoisotopic (exact) mass is 307 g/mol. The van der Waals surface area contributed by atoms with Crippen molar-refractivity contribution in [3.05, 3.63) is 34.4 Å². The maximum absolute atomic E-state index is 12.5. The molecule has 2 rings (SSSR count). The lowest BCUT2D eigenvalue weighted by Gasteiger charge is -2.29. The number of non-ortho nitro benzene ring substituents is 1. The summed E-state index contributed by atoms with van der Waals surface area (Å²) >= 11 is 0. The number of nitrogens with zero attached hydrogens (tertiary/aromatic N) is 3. The maximum Gasteiger partial charge on any atom is 0.271 e. The molecule has 1 atom stereocenters. The number of amides is 1. The molecule has 0 bridgehead atoms. The van der Waals surface area contributed by atoms with Crippen LogP contribution in [0, 0.1) is 10.1 Å². The van der Waals surface area contributed by atoms with Crippen LogP contribution in [-0.2, 0) is 4.79 Å². The minimum Gasteiger partial charge on any atom is -0.389 e. The second-order valence-electron chi connectivity index (χ2n) is 6.30. The largest absolute Gasteiger partial charge is 0.389 e. The van der Waals surface area contributed by atoms with E-state index in [-0.39, 0.29) is 17.6 Å². The van der Waals surface area contributed by atoms with Crippen LogP contribution in [0.2, 0.25) is 0 Å². The van der Waals surface area contributed by atoms with E-state index in [4.69, 9.17) is 0 Å². The summed E-state index contributed by atoms with van der Waals surface area (Å²) in [5.74, 6) is -0.0905. The molecule has 1 N–H and O–H groups in total. The number of hydrogen-bond acceptors (Lipinski definition) is 5. The van der Waals surface area contributed by atoms with Gasteiger partial charge in [0, 0.05) is 25.2 Å². The molecule has 1 aliphatic heterocycles. The lowest BCUT2D eigenvalue weighted by Crippen LogP contribution is -2.45. The lowest BCUT2D eigenvalue weighted by molar-refractivity contribution is -0.384. The van der Waals surface area contributed by atoms with Gasteiger partial charge in [-0.3, -0.25) is 19.8 Å². The van der Waals surface area contributed by atoms with E-state index >= 15 is 0 Å². The number of hydrogen-bond donors (Lipinski definition) is 1. The van der Waals surface area contributed by atoms with Gasteiger partial charge in [0.15, 0.2) is 0 Å². The third-order valence-corrected chi connectivity index (χ3v) is 3.70. The first kappa shape index (κ1) is 16.4. The number of anilines is 1. The first-order valence-electron chi connectivity index (χ1n) is 7.17. The number of nitro groups is 1. The van der Waals surface area contributed by atoms with E-state index in [1.165, 1.54) is 12.1 Å². The molecule has 7 nitrogen and oxygen atoms in total. The van der Waals surface area contributed by atoms with Crippen LogP contribution in [0.5, 0.6) is 0 Å². The molecule has 0 saturated carbocycles.